The molecule has 1 fully saturated rings. The fourth-order valence-electron chi connectivity index (χ4n) is 2.88. The average Bonchev–Trinajstić information content (AvgIpc) is 2.37. The second-order valence-electron chi connectivity index (χ2n) is 5.59. The van der Waals surface area contributed by atoms with Gasteiger partial charge in [-0.3, -0.25) is 14.3 Å². The molecule has 3 rings (SSSR count). The second kappa shape index (κ2) is 5.53. The molecule has 1 aliphatic carbocycles. The van der Waals surface area contributed by atoms with Gasteiger partial charge in [-0.15, -0.1) is 0 Å². The number of aromatic nitrogens is 2. The van der Waals surface area contributed by atoms with Crippen molar-refractivity contribution in [3.63, 3.8) is 0 Å². The first-order valence-electron chi connectivity index (χ1n) is 7.19. The van der Waals surface area contributed by atoms with Crippen LogP contribution in [0.15, 0.2) is 39.9 Å². The van der Waals surface area contributed by atoms with E-state index >= 15 is 0 Å². The lowest BCUT2D eigenvalue weighted by Crippen LogP contribution is -2.41. The van der Waals surface area contributed by atoms with Crippen LogP contribution in [0, 0.1) is 5.92 Å². The number of nitrogens with zero attached hydrogens (tertiary/aromatic N) is 1. The third kappa shape index (κ3) is 2.44. The summed E-state index contributed by atoms with van der Waals surface area (Å²) in [6, 6.07) is 9.10. The molecule has 1 N–H and O–H groups in total. The molecule has 21 heavy (non-hydrogen) atoms. The van der Waals surface area contributed by atoms with E-state index in [1.807, 2.05) is 37.3 Å². The van der Waals surface area contributed by atoms with Crippen LogP contribution in [-0.4, -0.2) is 9.55 Å². The Hall–Kier alpha value is -1.81. The first-order chi connectivity index (χ1) is 10.1. The Morgan fingerprint density at radius 2 is 1.90 bits per heavy atom. The van der Waals surface area contributed by atoms with Crippen molar-refractivity contribution in [2.24, 2.45) is 5.92 Å². The molecule has 0 bridgehead atoms. The number of aromatic amines is 1. The van der Waals surface area contributed by atoms with E-state index in [0.29, 0.717) is 11.5 Å². The van der Waals surface area contributed by atoms with Gasteiger partial charge < -0.3 is 0 Å². The van der Waals surface area contributed by atoms with Crippen LogP contribution in [0.1, 0.15) is 32.2 Å². The van der Waals surface area contributed by atoms with Gasteiger partial charge in [-0.25, -0.2) is 4.79 Å². The van der Waals surface area contributed by atoms with Gasteiger partial charge in [-0.05, 0) is 31.2 Å². The minimum absolute atomic E-state index is 0.102. The smallest absolute Gasteiger partial charge is 0.297 e. The molecule has 1 unspecified atom stereocenters. The molecule has 110 valence electrons. The summed E-state index contributed by atoms with van der Waals surface area (Å²) in [5.74, 6) is 0.397. The highest BCUT2D eigenvalue weighted by Gasteiger charge is 2.28. The number of H-pyrrole nitrogens is 1. The average molecular weight is 305 g/mol. The minimum atomic E-state index is -0.427. The molecule has 1 atom stereocenters. The van der Waals surface area contributed by atoms with E-state index in [0.717, 1.165) is 18.4 Å². The molecular formula is C16H17ClN2O2. The molecule has 4 nitrogen and oxygen atoms in total. The summed E-state index contributed by atoms with van der Waals surface area (Å²) < 4.78 is 1.32. The predicted octanol–water partition coefficient (Wildman–Crippen LogP) is 3.22. The first-order valence-corrected chi connectivity index (χ1v) is 7.57. The monoisotopic (exact) mass is 304 g/mol. The number of nitrogens with one attached hydrogen (secondary N) is 1. The van der Waals surface area contributed by atoms with Gasteiger partial charge in [0.25, 0.3) is 5.56 Å². The minimum Gasteiger partial charge on any atom is -0.297 e. The summed E-state index contributed by atoms with van der Waals surface area (Å²) in [5.41, 5.74) is 0.347. The molecule has 1 aromatic heterocycles. The van der Waals surface area contributed by atoms with Crippen molar-refractivity contribution in [1.29, 1.82) is 0 Å². The van der Waals surface area contributed by atoms with Crippen molar-refractivity contribution in [1.82, 2.24) is 9.55 Å². The van der Waals surface area contributed by atoms with Crippen molar-refractivity contribution in [3.8, 4) is 11.1 Å². The zero-order chi connectivity index (χ0) is 15.0. The Balaban J connectivity index is 2.18. The molecule has 1 aromatic carbocycles. The van der Waals surface area contributed by atoms with E-state index < -0.39 is 5.69 Å². The van der Waals surface area contributed by atoms with Crippen LogP contribution >= 0.6 is 11.6 Å². The van der Waals surface area contributed by atoms with Crippen molar-refractivity contribution in [3.05, 3.63) is 56.3 Å². The van der Waals surface area contributed by atoms with E-state index in [-0.39, 0.29) is 16.8 Å². The topological polar surface area (TPSA) is 54.9 Å². The van der Waals surface area contributed by atoms with Crippen LogP contribution in [-0.2, 0) is 0 Å². The lowest BCUT2D eigenvalue weighted by molar-refractivity contribution is 0.214. The summed E-state index contributed by atoms with van der Waals surface area (Å²) in [6.45, 7) is 1.93. The lowest BCUT2D eigenvalue weighted by atomic mass is 9.80. The fraction of sp³-hybridized carbons (Fsp3) is 0.375. The van der Waals surface area contributed by atoms with Gasteiger partial charge in [-0.1, -0.05) is 48.4 Å². The van der Waals surface area contributed by atoms with E-state index in [2.05, 4.69) is 4.98 Å². The van der Waals surface area contributed by atoms with Crippen LogP contribution < -0.4 is 11.2 Å². The zero-order valence-electron chi connectivity index (χ0n) is 11.8. The summed E-state index contributed by atoms with van der Waals surface area (Å²) in [4.78, 5) is 27.5. The molecule has 0 aliphatic heterocycles. The highest BCUT2D eigenvalue weighted by Crippen LogP contribution is 2.35. The van der Waals surface area contributed by atoms with E-state index in [4.69, 9.17) is 11.6 Å². The Morgan fingerprint density at radius 3 is 2.48 bits per heavy atom. The summed E-state index contributed by atoms with van der Waals surface area (Å²) in [6.07, 6.45) is 3.30. The molecule has 5 heteroatoms. The van der Waals surface area contributed by atoms with Crippen LogP contribution in [0.3, 0.4) is 0 Å². The van der Waals surface area contributed by atoms with Gasteiger partial charge in [-0.2, -0.15) is 0 Å². The zero-order valence-corrected chi connectivity index (χ0v) is 12.6. The molecule has 1 aliphatic rings. The van der Waals surface area contributed by atoms with Gasteiger partial charge in [0.15, 0.2) is 0 Å². The number of hydrogen-bond acceptors (Lipinski definition) is 2. The van der Waals surface area contributed by atoms with E-state index in [9.17, 15) is 9.59 Å². The summed E-state index contributed by atoms with van der Waals surface area (Å²) in [7, 11) is 0. The van der Waals surface area contributed by atoms with Gasteiger partial charge >= 0.3 is 5.69 Å². The summed E-state index contributed by atoms with van der Waals surface area (Å²) >= 11 is 6.10. The van der Waals surface area contributed by atoms with Crippen molar-refractivity contribution >= 4 is 11.6 Å². The van der Waals surface area contributed by atoms with E-state index in [1.165, 1.54) is 11.0 Å². The quantitative estimate of drug-likeness (QED) is 0.885. The van der Waals surface area contributed by atoms with Crippen LogP contribution in [0.4, 0.5) is 0 Å². The van der Waals surface area contributed by atoms with Crippen molar-refractivity contribution < 1.29 is 0 Å². The Bertz CT molecular complexity index is 760. The highest BCUT2D eigenvalue weighted by atomic mass is 35.5. The maximum atomic E-state index is 12.8. The summed E-state index contributed by atoms with van der Waals surface area (Å²) in [5, 5.41) is 0.105. The third-order valence-electron chi connectivity index (χ3n) is 4.39. The molecule has 0 spiro atoms. The fourth-order valence-corrected chi connectivity index (χ4v) is 3.15. The van der Waals surface area contributed by atoms with E-state index in [1.54, 1.807) is 0 Å². The normalized spacial score (nSPS) is 16.5. The molecule has 1 saturated carbocycles. The molecule has 0 radical (unpaired) electrons. The number of rotatable bonds is 3. The van der Waals surface area contributed by atoms with Gasteiger partial charge in [0.2, 0.25) is 0 Å². The Morgan fingerprint density at radius 1 is 1.24 bits per heavy atom. The molecule has 1 heterocycles. The third-order valence-corrected chi connectivity index (χ3v) is 4.67. The van der Waals surface area contributed by atoms with Gasteiger partial charge in [0.05, 0.1) is 5.56 Å². The molecular weight excluding hydrogens is 288 g/mol. The molecule has 2 aromatic rings. The number of benzene rings is 1. The van der Waals surface area contributed by atoms with Gasteiger partial charge in [0, 0.05) is 6.04 Å². The Labute approximate surface area is 127 Å². The second-order valence-corrected chi connectivity index (χ2v) is 5.97. The molecule has 0 saturated heterocycles. The first kappa shape index (κ1) is 14.1. The Kier molecular flexibility index (Phi) is 3.72. The standard InChI is InChI=1S/C16H17ClN2O2/c1-10(11-8-5-9-11)19-15(20)13(14(17)18-16(19)21)12-6-3-2-4-7-12/h2-4,6-7,10-11H,5,8-9H2,1H3,(H,18,21). The molecule has 0 amide bonds. The van der Waals surface area contributed by atoms with Crippen LogP contribution in [0.5, 0.6) is 0 Å². The predicted molar refractivity (Wildman–Crippen MR) is 83.8 cm³/mol. The van der Waals surface area contributed by atoms with Crippen molar-refractivity contribution in [2.75, 3.05) is 0 Å². The highest BCUT2D eigenvalue weighted by molar-refractivity contribution is 6.32. The number of halogens is 1. The SMILES string of the molecule is CC(C1CCC1)n1c(=O)[nH]c(Cl)c(-c2ccccc2)c1=O. The maximum absolute atomic E-state index is 12.8. The van der Waals surface area contributed by atoms with Gasteiger partial charge in [0.1, 0.15) is 5.15 Å². The largest absolute Gasteiger partial charge is 0.329 e. The van der Waals surface area contributed by atoms with Crippen molar-refractivity contribution in [2.45, 2.75) is 32.2 Å². The number of hydrogen-bond donors (Lipinski definition) is 1. The lowest BCUT2D eigenvalue weighted by Gasteiger charge is -2.32. The van der Waals surface area contributed by atoms with Crippen LogP contribution in [0.2, 0.25) is 5.15 Å². The maximum Gasteiger partial charge on any atom is 0.329 e. The van der Waals surface area contributed by atoms with Crippen LogP contribution in [0.25, 0.3) is 11.1 Å².